The fourth-order valence-corrected chi connectivity index (χ4v) is 2.77. The topological polar surface area (TPSA) is 98.5 Å². The number of carbonyl (C=O) groups is 1. The molecule has 3 N–H and O–H groups in total. The molecule has 0 aliphatic rings. The summed E-state index contributed by atoms with van der Waals surface area (Å²) in [5.41, 5.74) is 0.407. The molecule has 0 saturated carbocycles. The quantitative estimate of drug-likeness (QED) is 0.820. The van der Waals surface area contributed by atoms with Gasteiger partial charge in [-0.05, 0) is 49.7 Å². The third-order valence-electron chi connectivity index (χ3n) is 3.55. The summed E-state index contributed by atoms with van der Waals surface area (Å²) in [6.45, 7) is 4.15. The van der Waals surface area contributed by atoms with Crippen molar-refractivity contribution in [2.45, 2.75) is 24.8 Å². The molecule has 25 heavy (non-hydrogen) atoms. The minimum Gasteiger partial charge on any atom is -0.494 e. The first-order valence-corrected chi connectivity index (χ1v) is 9.13. The Bertz CT molecular complexity index is 867. The van der Waals surface area contributed by atoms with Crippen molar-refractivity contribution in [3.63, 3.8) is 0 Å². The number of primary sulfonamides is 1. The first-order chi connectivity index (χ1) is 11.7. The molecule has 0 bridgehead atoms. The number of hydrogen-bond acceptors (Lipinski definition) is 4. The van der Waals surface area contributed by atoms with Crippen molar-refractivity contribution >= 4 is 15.9 Å². The van der Waals surface area contributed by atoms with Crippen molar-refractivity contribution in [3.05, 3.63) is 59.4 Å². The van der Waals surface area contributed by atoms with E-state index in [1.54, 1.807) is 31.2 Å². The van der Waals surface area contributed by atoms with Gasteiger partial charge in [0, 0.05) is 0 Å². The average molecular weight is 366 g/mol. The van der Waals surface area contributed by atoms with Crippen molar-refractivity contribution in [3.8, 4) is 5.75 Å². The number of benzene rings is 2. The largest absolute Gasteiger partial charge is 0.494 e. The molecule has 0 saturated heterocycles. The van der Waals surface area contributed by atoms with Gasteiger partial charge in [0.05, 0.1) is 23.1 Å². The highest BCUT2D eigenvalue weighted by Crippen LogP contribution is 2.19. The molecule has 0 aromatic heterocycles. The van der Waals surface area contributed by atoms with Crippen LogP contribution in [-0.2, 0) is 10.0 Å². The van der Waals surface area contributed by atoms with E-state index in [1.165, 1.54) is 0 Å². The lowest BCUT2D eigenvalue weighted by Crippen LogP contribution is -2.28. The second kappa shape index (κ2) is 7.62. The standard InChI is InChI=1S/C17H19FN2O4S/c1-3-24-13-6-4-12(5-7-13)11(2)20-17(21)15-10-14(25(19,22)23)8-9-16(15)18/h4-11H,3H2,1-2H3,(H,20,21)(H2,19,22,23). The Labute approximate surface area is 145 Å². The first kappa shape index (κ1) is 18.9. The fourth-order valence-electron chi connectivity index (χ4n) is 2.23. The van der Waals surface area contributed by atoms with Crippen molar-refractivity contribution in [2.24, 2.45) is 5.14 Å². The predicted molar refractivity (Wildman–Crippen MR) is 91.3 cm³/mol. The zero-order valence-corrected chi connectivity index (χ0v) is 14.6. The van der Waals surface area contributed by atoms with Crippen LogP contribution in [0, 0.1) is 5.82 Å². The zero-order chi connectivity index (χ0) is 18.6. The molecule has 8 heteroatoms. The average Bonchev–Trinajstić information content (AvgIpc) is 2.55. The fraction of sp³-hybridized carbons (Fsp3) is 0.235. The Morgan fingerprint density at radius 1 is 1.24 bits per heavy atom. The van der Waals surface area contributed by atoms with Crippen LogP contribution < -0.4 is 15.2 Å². The van der Waals surface area contributed by atoms with E-state index in [2.05, 4.69) is 5.32 Å². The Hall–Kier alpha value is -2.45. The second-order valence-electron chi connectivity index (χ2n) is 5.38. The van der Waals surface area contributed by atoms with Crippen LogP contribution >= 0.6 is 0 Å². The van der Waals surface area contributed by atoms with Gasteiger partial charge in [-0.25, -0.2) is 17.9 Å². The highest BCUT2D eigenvalue weighted by molar-refractivity contribution is 7.89. The van der Waals surface area contributed by atoms with Crippen molar-refractivity contribution < 1.29 is 22.3 Å². The van der Waals surface area contributed by atoms with E-state index in [9.17, 15) is 17.6 Å². The molecule has 6 nitrogen and oxygen atoms in total. The predicted octanol–water partition coefficient (Wildman–Crippen LogP) is 2.36. The van der Waals surface area contributed by atoms with Crippen LogP contribution in [0.3, 0.4) is 0 Å². The van der Waals surface area contributed by atoms with Gasteiger partial charge in [0.15, 0.2) is 0 Å². The van der Waals surface area contributed by atoms with Crippen LogP contribution in [0.25, 0.3) is 0 Å². The zero-order valence-electron chi connectivity index (χ0n) is 13.8. The third-order valence-corrected chi connectivity index (χ3v) is 4.46. The summed E-state index contributed by atoms with van der Waals surface area (Å²) >= 11 is 0. The molecule has 2 aromatic carbocycles. The first-order valence-electron chi connectivity index (χ1n) is 7.58. The van der Waals surface area contributed by atoms with Crippen LogP contribution in [0.4, 0.5) is 4.39 Å². The number of carbonyl (C=O) groups excluding carboxylic acids is 1. The monoisotopic (exact) mass is 366 g/mol. The Kier molecular flexibility index (Phi) is 5.76. The van der Waals surface area contributed by atoms with E-state index in [-0.39, 0.29) is 10.5 Å². The summed E-state index contributed by atoms with van der Waals surface area (Å²) in [6, 6.07) is 9.52. The van der Waals surface area contributed by atoms with E-state index in [4.69, 9.17) is 9.88 Å². The third kappa shape index (κ3) is 4.77. The normalized spacial score (nSPS) is 12.5. The molecule has 1 unspecified atom stereocenters. The summed E-state index contributed by atoms with van der Waals surface area (Å²) in [7, 11) is -4.03. The van der Waals surface area contributed by atoms with Gasteiger partial charge in [0.25, 0.3) is 5.91 Å². The van der Waals surface area contributed by atoms with Gasteiger partial charge in [0.1, 0.15) is 11.6 Å². The van der Waals surface area contributed by atoms with Gasteiger partial charge in [-0.1, -0.05) is 12.1 Å². The molecule has 0 fully saturated rings. The van der Waals surface area contributed by atoms with Crippen LogP contribution in [0.1, 0.15) is 35.8 Å². The maximum atomic E-state index is 13.9. The number of sulfonamides is 1. The second-order valence-corrected chi connectivity index (χ2v) is 6.95. The summed E-state index contributed by atoms with van der Waals surface area (Å²) in [6.07, 6.45) is 0. The van der Waals surface area contributed by atoms with Crippen LogP contribution in [-0.4, -0.2) is 20.9 Å². The molecule has 1 atom stereocenters. The molecular formula is C17H19FN2O4S. The number of halogens is 1. The number of nitrogens with one attached hydrogen (secondary N) is 1. The molecule has 1 amide bonds. The van der Waals surface area contributed by atoms with E-state index in [0.29, 0.717) is 12.4 Å². The lowest BCUT2D eigenvalue weighted by Gasteiger charge is -2.15. The summed E-state index contributed by atoms with van der Waals surface area (Å²) < 4.78 is 42.0. The van der Waals surface area contributed by atoms with Gasteiger partial charge < -0.3 is 10.1 Å². The van der Waals surface area contributed by atoms with Crippen LogP contribution in [0.2, 0.25) is 0 Å². The Morgan fingerprint density at radius 3 is 2.44 bits per heavy atom. The summed E-state index contributed by atoms with van der Waals surface area (Å²) in [4.78, 5) is 12.0. The van der Waals surface area contributed by atoms with Gasteiger partial charge in [-0.2, -0.15) is 0 Å². The molecule has 0 aliphatic heterocycles. The maximum Gasteiger partial charge on any atom is 0.254 e. The summed E-state index contributed by atoms with van der Waals surface area (Å²) in [5, 5.41) is 7.64. The number of ether oxygens (including phenoxy) is 1. The molecule has 0 radical (unpaired) electrons. The molecule has 0 spiro atoms. The van der Waals surface area contributed by atoms with E-state index >= 15 is 0 Å². The highest BCUT2D eigenvalue weighted by atomic mass is 32.2. The Balaban J connectivity index is 2.18. The minimum atomic E-state index is -4.03. The van der Waals surface area contributed by atoms with Crippen LogP contribution in [0.5, 0.6) is 5.75 Å². The van der Waals surface area contributed by atoms with E-state index in [0.717, 1.165) is 23.8 Å². The number of hydrogen-bond donors (Lipinski definition) is 2. The lowest BCUT2D eigenvalue weighted by molar-refractivity contribution is 0.0935. The van der Waals surface area contributed by atoms with Gasteiger partial charge in [-0.3, -0.25) is 4.79 Å². The van der Waals surface area contributed by atoms with Crippen molar-refractivity contribution in [2.75, 3.05) is 6.61 Å². The molecule has 134 valence electrons. The maximum absolute atomic E-state index is 13.9. The minimum absolute atomic E-state index is 0.326. The van der Waals surface area contributed by atoms with Crippen molar-refractivity contribution in [1.82, 2.24) is 5.32 Å². The van der Waals surface area contributed by atoms with Gasteiger partial charge >= 0.3 is 0 Å². The molecule has 0 aliphatic carbocycles. The summed E-state index contributed by atoms with van der Waals surface area (Å²) in [5.74, 6) is -0.857. The molecule has 2 aromatic rings. The smallest absolute Gasteiger partial charge is 0.254 e. The number of nitrogens with two attached hydrogens (primary N) is 1. The van der Waals surface area contributed by atoms with E-state index in [1.807, 2.05) is 6.92 Å². The number of rotatable bonds is 6. The molecule has 2 rings (SSSR count). The van der Waals surface area contributed by atoms with Crippen molar-refractivity contribution in [1.29, 1.82) is 0 Å². The van der Waals surface area contributed by atoms with Crippen LogP contribution in [0.15, 0.2) is 47.4 Å². The van der Waals surface area contributed by atoms with E-state index < -0.39 is 27.8 Å². The molecule has 0 heterocycles. The highest BCUT2D eigenvalue weighted by Gasteiger charge is 2.18. The Morgan fingerprint density at radius 2 is 1.88 bits per heavy atom. The lowest BCUT2D eigenvalue weighted by atomic mass is 10.1. The van der Waals surface area contributed by atoms with Gasteiger partial charge in [0.2, 0.25) is 10.0 Å². The molecular weight excluding hydrogens is 347 g/mol. The number of amides is 1. The van der Waals surface area contributed by atoms with Gasteiger partial charge in [-0.15, -0.1) is 0 Å². The SMILES string of the molecule is CCOc1ccc(C(C)NC(=O)c2cc(S(N)(=O)=O)ccc2F)cc1.